The van der Waals surface area contributed by atoms with E-state index in [1.807, 2.05) is 19.1 Å². The van der Waals surface area contributed by atoms with Crippen molar-refractivity contribution >= 4 is 12.4 Å². The molecule has 98 valence electrons. The summed E-state index contributed by atoms with van der Waals surface area (Å²) < 4.78 is 10.8. The van der Waals surface area contributed by atoms with Gasteiger partial charge in [-0.05, 0) is 24.6 Å². The standard InChI is InChI=1S/C13H21NO2.ClH/c1-5-16-12-7-6-11(8-13(12)15-4)9-14-10(2)3;/h6-8,10,14H,5,9H2,1-4H3;1H. The van der Waals surface area contributed by atoms with Gasteiger partial charge in [-0.3, -0.25) is 0 Å². The first-order valence-corrected chi connectivity index (χ1v) is 5.70. The van der Waals surface area contributed by atoms with E-state index < -0.39 is 0 Å². The van der Waals surface area contributed by atoms with Crippen molar-refractivity contribution in [2.24, 2.45) is 0 Å². The number of hydrogen-bond donors (Lipinski definition) is 1. The summed E-state index contributed by atoms with van der Waals surface area (Å²) in [6.45, 7) is 7.73. The lowest BCUT2D eigenvalue weighted by Crippen LogP contribution is -2.21. The summed E-state index contributed by atoms with van der Waals surface area (Å²) in [4.78, 5) is 0. The van der Waals surface area contributed by atoms with Crippen molar-refractivity contribution in [3.05, 3.63) is 23.8 Å². The van der Waals surface area contributed by atoms with E-state index in [0.29, 0.717) is 12.6 Å². The Morgan fingerprint density at radius 1 is 1.24 bits per heavy atom. The first-order valence-electron chi connectivity index (χ1n) is 5.70. The van der Waals surface area contributed by atoms with E-state index in [2.05, 4.69) is 25.2 Å². The maximum atomic E-state index is 5.46. The summed E-state index contributed by atoms with van der Waals surface area (Å²) in [5.41, 5.74) is 1.20. The van der Waals surface area contributed by atoms with Crippen LogP contribution in [0.4, 0.5) is 0 Å². The van der Waals surface area contributed by atoms with Gasteiger partial charge in [0.1, 0.15) is 0 Å². The number of hydrogen-bond acceptors (Lipinski definition) is 3. The van der Waals surface area contributed by atoms with Crippen LogP contribution in [0.2, 0.25) is 0 Å². The SMILES string of the molecule is CCOc1ccc(CNC(C)C)cc1OC.Cl. The molecule has 17 heavy (non-hydrogen) atoms. The number of halogens is 1. The Bertz CT molecular complexity index is 329. The number of rotatable bonds is 6. The van der Waals surface area contributed by atoms with E-state index in [9.17, 15) is 0 Å². The fourth-order valence-corrected chi connectivity index (χ4v) is 1.42. The third kappa shape index (κ3) is 5.29. The molecule has 1 aromatic rings. The Balaban J connectivity index is 0.00000256. The van der Waals surface area contributed by atoms with Crippen LogP contribution in [0.25, 0.3) is 0 Å². The minimum atomic E-state index is 0. The smallest absolute Gasteiger partial charge is 0.161 e. The zero-order valence-electron chi connectivity index (χ0n) is 10.9. The molecule has 0 heterocycles. The molecule has 0 saturated carbocycles. The Kier molecular flexibility index (Phi) is 7.75. The molecule has 1 aromatic carbocycles. The van der Waals surface area contributed by atoms with Crippen molar-refractivity contribution in [2.45, 2.75) is 33.4 Å². The molecule has 0 aliphatic carbocycles. The predicted molar refractivity (Wildman–Crippen MR) is 73.4 cm³/mol. The normalized spacial score (nSPS) is 9.94. The van der Waals surface area contributed by atoms with E-state index in [1.165, 1.54) is 5.56 Å². The van der Waals surface area contributed by atoms with Crippen LogP contribution >= 0.6 is 12.4 Å². The molecular weight excluding hydrogens is 238 g/mol. The highest BCUT2D eigenvalue weighted by molar-refractivity contribution is 5.85. The monoisotopic (exact) mass is 259 g/mol. The van der Waals surface area contributed by atoms with E-state index in [1.54, 1.807) is 7.11 Å². The zero-order chi connectivity index (χ0) is 12.0. The average molecular weight is 260 g/mol. The Labute approximate surface area is 110 Å². The van der Waals surface area contributed by atoms with Gasteiger partial charge < -0.3 is 14.8 Å². The molecule has 0 bridgehead atoms. The van der Waals surface area contributed by atoms with Gasteiger partial charge in [-0.15, -0.1) is 12.4 Å². The molecule has 3 nitrogen and oxygen atoms in total. The second kappa shape index (κ2) is 8.20. The van der Waals surface area contributed by atoms with Crippen LogP contribution in [0.5, 0.6) is 11.5 Å². The van der Waals surface area contributed by atoms with E-state index in [4.69, 9.17) is 9.47 Å². The van der Waals surface area contributed by atoms with Gasteiger partial charge in [0.25, 0.3) is 0 Å². The quantitative estimate of drug-likeness (QED) is 0.852. The Morgan fingerprint density at radius 3 is 2.47 bits per heavy atom. The summed E-state index contributed by atoms with van der Waals surface area (Å²) >= 11 is 0. The minimum Gasteiger partial charge on any atom is -0.493 e. The molecule has 0 spiro atoms. The second-order valence-electron chi connectivity index (χ2n) is 3.95. The van der Waals surface area contributed by atoms with Gasteiger partial charge in [-0.1, -0.05) is 19.9 Å². The number of ether oxygens (including phenoxy) is 2. The molecule has 0 unspecified atom stereocenters. The van der Waals surface area contributed by atoms with E-state index in [0.717, 1.165) is 18.0 Å². The maximum absolute atomic E-state index is 5.46. The predicted octanol–water partition coefficient (Wildman–Crippen LogP) is 3.01. The van der Waals surface area contributed by atoms with Crippen molar-refractivity contribution in [2.75, 3.05) is 13.7 Å². The van der Waals surface area contributed by atoms with Gasteiger partial charge in [0.05, 0.1) is 13.7 Å². The first-order chi connectivity index (χ1) is 7.67. The third-order valence-electron chi connectivity index (χ3n) is 2.24. The molecule has 0 aliphatic rings. The van der Waals surface area contributed by atoms with Gasteiger partial charge in [0.2, 0.25) is 0 Å². The summed E-state index contributed by atoms with van der Waals surface area (Å²) in [7, 11) is 1.66. The van der Waals surface area contributed by atoms with Crippen molar-refractivity contribution in [3.8, 4) is 11.5 Å². The molecule has 1 N–H and O–H groups in total. The molecule has 0 radical (unpaired) electrons. The van der Waals surface area contributed by atoms with Crippen LogP contribution < -0.4 is 14.8 Å². The van der Waals surface area contributed by atoms with E-state index in [-0.39, 0.29) is 12.4 Å². The average Bonchev–Trinajstić information content (AvgIpc) is 2.28. The molecule has 0 atom stereocenters. The highest BCUT2D eigenvalue weighted by atomic mass is 35.5. The van der Waals surface area contributed by atoms with Crippen molar-refractivity contribution in [1.29, 1.82) is 0 Å². The van der Waals surface area contributed by atoms with Crippen molar-refractivity contribution in [1.82, 2.24) is 5.32 Å². The highest BCUT2D eigenvalue weighted by Gasteiger charge is 2.05. The van der Waals surface area contributed by atoms with Gasteiger partial charge in [0.15, 0.2) is 11.5 Å². The van der Waals surface area contributed by atoms with Crippen LogP contribution in [0.1, 0.15) is 26.3 Å². The lowest BCUT2D eigenvalue weighted by molar-refractivity contribution is 0.310. The van der Waals surface area contributed by atoms with Crippen LogP contribution in [0.15, 0.2) is 18.2 Å². The molecule has 1 rings (SSSR count). The molecule has 0 saturated heterocycles. The Hall–Kier alpha value is -0.930. The van der Waals surface area contributed by atoms with Crippen LogP contribution in [0, 0.1) is 0 Å². The van der Waals surface area contributed by atoms with Crippen molar-refractivity contribution in [3.63, 3.8) is 0 Å². The van der Waals surface area contributed by atoms with E-state index >= 15 is 0 Å². The summed E-state index contributed by atoms with van der Waals surface area (Å²) in [6, 6.07) is 6.51. The molecular formula is C13H22ClNO2. The lowest BCUT2D eigenvalue weighted by Gasteiger charge is -2.12. The van der Waals surface area contributed by atoms with Gasteiger partial charge in [0, 0.05) is 12.6 Å². The lowest BCUT2D eigenvalue weighted by atomic mass is 10.2. The molecule has 0 aliphatic heterocycles. The first kappa shape index (κ1) is 16.1. The largest absolute Gasteiger partial charge is 0.493 e. The maximum Gasteiger partial charge on any atom is 0.161 e. The zero-order valence-corrected chi connectivity index (χ0v) is 11.8. The van der Waals surface area contributed by atoms with Crippen LogP contribution in [-0.2, 0) is 6.54 Å². The number of methoxy groups -OCH3 is 1. The van der Waals surface area contributed by atoms with Gasteiger partial charge >= 0.3 is 0 Å². The van der Waals surface area contributed by atoms with Crippen molar-refractivity contribution < 1.29 is 9.47 Å². The summed E-state index contributed by atoms with van der Waals surface area (Å²) in [6.07, 6.45) is 0. The second-order valence-corrected chi connectivity index (χ2v) is 3.95. The fourth-order valence-electron chi connectivity index (χ4n) is 1.42. The molecule has 0 aromatic heterocycles. The number of benzene rings is 1. The van der Waals surface area contributed by atoms with Crippen LogP contribution in [-0.4, -0.2) is 19.8 Å². The fraction of sp³-hybridized carbons (Fsp3) is 0.538. The molecule has 0 fully saturated rings. The molecule has 4 heteroatoms. The minimum absolute atomic E-state index is 0. The third-order valence-corrected chi connectivity index (χ3v) is 2.24. The topological polar surface area (TPSA) is 30.5 Å². The highest BCUT2D eigenvalue weighted by Crippen LogP contribution is 2.27. The Morgan fingerprint density at radius 2 is 1.94 bits per heavy atom. The summed E-state index contributed by atoms with van der Waals surface area (Å²) in [5.74, 6) is 1.60. The molecule has 0 amide bonds. The van der Waals surface area contributed by atoms with Gasteiger partial charge in [-0.25, -0.2) is 0 Å². The number of nitrogens with one attached hydrogen (secondary N) is 1. The summed E-state index contributed by atoms with van der Waals surface area (Å²) in [5, 5.41) is 3.37. The van der Waals surface area contributed by atoms with Crippen LogP contribution in [0.3, 0.4) is 0 Å². The van der Waals surface area contributed by atoms with Gasteiger partial charge in [-0.2, -0.15) is 0 Å².